The summed E-state index contributed by atoms with van der Waals surface area (Å²) in [5.74, 6) is 0. The van der Waals surface area contributed by atoms with E-state index in [1.807, 2.05) is 0 Å². The van der Waals surface area contributed by atoms with Gasteiger partial charge in [-0.1, -0.05) is 117 Å². The monoisotopic (exact) mass is 494 g/mol. The van der Waals surface area contributed by atoms with E-state index in [0.29, 0.717) is 0 Å². The third kappa shape index (κ3) is 30.0. The van der Waals surface area contributed by atoms with Gasteiger partial charge in [-0.3, -0.25) is 0 Å². The minimum Gasteiger partial charge on any atom is -0.114 e. The van der Waals surface area contributed by atoms with E-state index in [1.54, 1.807) is 0 Å². The quantitative estimate of drug-likeness (QED) is 0.198. The van der Waals surface area contributed by atoms with Gasteiger partial charge in [-0.05, 0) is 0 Å². The van der Waals surface area contributed by atoms with Crippen molar-refractivity contribution in [3.63, 3.8) is 0 Å². The molecule has 0 aromatic heterocycles. The van der Waals surface area contributed by atoms with Crippen molar-refractivity contribution in [2.24, 2.45) is 0 Å². The van der Waals surface area contributed by atoms with E-state index in [-0.39, 0.29) is 50.9 Å². The van der Waals surface area contributed by atoms with Gasteiger partial charge in [0.15, 0.2) is 0 Å². The van der Waals surface area contributed by atoms with Crippen molar-refractivity contribution in [1.29, 1.82) is 0 Å². The highest BCUT2D eigenvalue weighted by molar-refractivity contribution is 8.93. The van der Waals surface area contributed by atoms with E-state index in [1.165, 1.54) is 103 Å². The zero-order valence-electron chi connectivity index (χ0n) is 14.5. The van der Waals surface area contributed by atoms with Crippen LogP contribution in [0.2, 0.25) is 0 Å². The minimum atomic E-state index is 0. The zero-order valence-corrected chi connectivity index (χ0v) is 19.7. The second-order valence-corrected chi connectivity index (χ2v) is 5.95. The highest BCUT2D eigenvalue weighted by Gasteiger charge is 1.93. The number of hydrogen-bond donors (Lipinski definition) is 0. The summed E-state index contributed by atoms with van der Waals surface area (Å²) < 4.78 is 0. The second kappa shape index (κ2) is 29.5. The Bertz CT molecular complexity index is 124. The SMILES string of the molecule is Br.Br.Br.CCCCCCCCCCCCCCCCCC. The third-order valence-electron chi connectivity index (χ3n) is 3.96. The first-order valence-electron chi connectivity index (χ1n) is 8.91. The zero-order chi connectivity index (χ0) is 13.3. The lowest BCUT2D eigenvalue weighted by atomic mass is 10.0. The van der Waals surface area contributed by atoms with E-state index < -0.39 is 0 Å². The van der Waals surface area contributed by atoms with Crippen LogP contribution < -0.4 is 0 Å². The summed E-state index contributed by atoms with van der Waals surface area (Å²) in [5, 5.41) is 0. The molecule has 0 aliphatic carbocycles. The Morgan fingerprint density at radius 2 is 0.429 bits per heavy atom. The van der Waals surface area contributed by atoms with Crippen LogP contribution in [-0.2, 0) is 0 Å². The molecule has 3 heteroatoms. The molecule has 0 atom stereocenters. The molecule has 0 saturated heterocycles. The van der Waals surface area contributed by atoms with Gasteiger partial charge < -0.3 is 0 Å². The smallest absolute Gasteiger partial charge is 0.0533 e. The maximum Gasteiger partial charge on any atom is -0.0533 e. The summed E-state index contributed by atoms with van der Waals surface area (Å²) >= 11 is 0. The van der Waals surface area contributed by atoms with Crippen molar-refractivity contribution >= 4 is 50.9 Å². The van der Waals surface area contributed by atoms with Gasteiger partial charge in [-0.15, -0.1) is 50.9 Å². The molecule has 0 fully saturated rings. The Morgan fingerprint density at radius 3 is 0.571 bits per heavy atom. The molecule has 0 spiro atoms. The average molecular weight is 497 g/mol. The van der Waals surface area contributed by atoms with E-state index >= 15 is 0 Å². The van der Waals surface area contributed by atoms with Crippen molar-refractivity contribution in [3.05, 3.63) is 0 Å². The first-order valence-corrected chi connectivity index (χ1v) is 8.91. The fraction of sp³-hybridized carbons (Fsp3) is 1.00. The summed E-state index contributed by atoms with van der Waals surface area (Å²) in [5.41, 5.74) is 0. The van der Waals surface area contributed by atoms with Crippen molar-refractivity contribution in [3.8, 4) is 0 Å². The largest absolute Gasteiger partial charge is 0.114 e. The highest BCUT2D eigenvalue weighted by Crippen LogP contribution is 2.13. The molecule has 0 saturated carbocycles. The van der Waals surface area contributed by atoms with Crippen LogP contribution in [0.4, 0.5) is 0 Å². The molecule has 0 radical (unpaired) electrons. The molecule has 0 aromatic rings. The molecule has 0 aliphatic rings. The average Bonchev–Trinajstić information content (AvgIpc) is 2.39. The molecule has 21 heavy (non-hydrogen) atoms. The van der Waals surface area contributed by atoms with E-state index in [2.05, 4.69) is 13.8 Å². The van der Waals surface area contributed by atoms with Crippen LogP contribution in [0.1, 0.15) is 117 Å². The fourth-order valence-electron chi connectivity index (χ4n) is 2.62. The minimum absolute atomic E-state index is 0. The first kappa shape index (κ1) is 30.3. The Hall–Kier alpha value is 1.44. The van der Waals surface area contributed by atoms with Crippen molar-refractivity contribution in [1.82, 2.24) is 0 Å². The molecular formula is C18H41Br3. The summed E-state index contributed by atoms with van der Waals surface area (Å²) in [7, 11) is 0. The highest BCUT2D eigenvalue weighted by atomic mass is 79.9. The van der Waals surface area contributed by atoms with Crippen molar-refractivity contribution in [2.45, 2.75) is 117 Å². The van der Waals surface area contributed by atoms with Gasteiger partial charge in [0.05, 0.1) is 0 Å². The van der Waals surface area contributed by atoms with Gasteiger partial charge in [0.25, 0.3) is 0 Å². The maximum atomic E-state index is 2.29. The Kier molecular flexibility index (Phi) is 42.5. The summed E-state index contributed by atoms with van der Waals surface area (Å²) in [6, 6.07) is 0. The molecular weight excluding hydrogens is 456 g/mol. The molecule has 0 rings (SSSR count). The van der Waals surface area contributed by atoms with E-state index in [4.69, 9.17) is 0 Å². The van der Waals surface area contributed by atoms with Gasteiger partial charge in [0, 0.05) is 0 Å². The van der Waals surface area contributed by atoms with E-state index in [0.717, 1.165) is 0 Å². The lowest BCUT2D eigenvalue weighted by Crippen LogP contribution is -1.83. The van der Waals surface area contributed by atoms with Crippen LogP contribution in [0.15, 0.2) is 0 Å². The molecule has 0 aromatic carbocycles. The summed E-state index contributed by atoms with van der Waals surface area (Å²) in [6.45, 7) is 4.59. The molecule has 0 heterocycles. The Labute approximate surface area is 166 Å². The van der Waals surface area contributed by atoms with Crippen LogP contribution in [0.5, 0.6) is 0 Å². The van der Waals surface area contributed by atoms with Gasteiger partial charge >= 0.3 is 0 Å². The van der Waals surface area contributed by atoms with Gasteiger partial charge in [0.2, 0.25) is 0 Å². The third-order valence-corrected chi connectivity index (χ3v) is 3.96. The van der Waals surface area contributed by atoms with Gasteiger partial charge in [0.1, 0.15) is 0 Å². The van der Waals surface area contributed by atoms with Crippen molar-refractivity contribution in [2.75, 3.05) is 0 Å². The van der Waals surface area contributed by atoms with Gasteiger partial charge in [-0.25, -0.2) is 0 Å². The molecule has 0 N–H and O–H groups in total. The van der Waals surface area contributed by atoms with Crippen molar-refractivity contribution < 1.29 is 0 Å². The molecule has 134 valence electrons. The van der Waals surface area contributed by atoms with Crippen LogP contribution >= 0.6 is 50.9 Å². The lowest BCUT2D eigenvalue weighted by molar-refractivity contribution is 0.531. The maximum absolute atomic E-state index is 2.29. The standard InChI is InChI=1S/C18H38.3BrH/c1-3-5-7-9-11-13-15-17-18-16-14-12-10-8-6-4-2;;;/h3-18H2,1-2H3;3*1H. The first-order chi connectivity index (χ1) is 8.91. The molecule has 0 nitrogen and oxygen atoms in total. The van der Waals surface area contributed by atoms with Crippen LogP contribution in [0, 0.1) is 0 Å². The number of halogens is 3. The second-order valence-electron chi connectivity index (χ2n) is 5.95. The number of unbranched alkanes of at least 4 members (excludes halogenated alkanes) is 15. The molecule has 0 aliphatic heterocycles. The molecule has 0 unspecified atom stereocenters. The molecule has 0 bridgehead atoms. The van der Waals surface area contributed by atoms with E-state index in [9.17, 15) is 0 Å². The predicted molar refractivity (Wildman–Crippen MR) is 116 cm³/mol. The van der Waals surface area contributed by atoms with Gasteiger partial charge in [-0.2, -0.15) is 0 Å². The fourth-order valence-corrected chi connectivity index (χ4v) is 2.62. The Morgan fingerprint density at radius 1 is 0.286 bits per heavy atom. The Balaban J connectivity index is -0.000000482. The molecule has 0 amide bonds. The van der Waals surface area contributed by atoms with Crippen LogP contribution in [-0.4, -0.2) is 0 Å². The number of rotatable bonds is 15. The lowest BCUT2D eigenvalue weighted by Gasteiger charge is -2.03. The van der Waals surface area contributed by atoms with Crippen LogP contribution in [0.3, 0.4) is 0 Å². The predicted octanol–water partition coefficient (Wildman–Crippen LogP) is 9.00. The summed E-state index contributed by atoms with van der Waals surface area (Å²) in [6.07, 6.45) is 23.4. The normalized spacial score (nSPS) is 9.43. The van der Waals surface area contributed by atoms with Crippen LogP contribution in [0.25, 0.3) is 0 Å². The summed E-state index contributed by atoms with van der Waals surface area (Å²) in [4.78, 5) is 0. The topological polar surface area (TPSA) is 0 Å². The number of hydrogen-bond acceptors (Lipinski definition) is 0.